The van der Waals surface area contributed by atoms with Gasteiger partial charge in [-0.1, -0.05) is 24.6 Å². The van der Waals surface area contributed by atoms with Crippen molar-refractivity contribution < 1.29 is 13.2 Å². The zero-order valence-electron chi connectivity index (χ0n) is 10.3. The van der Waals surface area contributed by atoms with Crippen molar-refractivity contribution in [3.05, 3.63) is 29.8 Å². The Balaban J connectivity index is 2.71. The lowest BCUT2D eigenvalue weighted by Crippen LogP contribution is -2.33. The molecule has 0 heterocycles. The number of alkyl halides is 1. The number of carbonyl (C=O) groups is 1. The average molecular weight is 290 g/mol. The fraction of sp³-hybridized carbons (Fsp3) is 0.417. The van der Waals surface area contributed by atoms with Gasteiger partial charge in [0.25, 0.3) is 0 Å². The molecule has 1 aromatic carbocycles. The van der Waals surface area contributed by atoms with Gasteiger partial charge in [0.2, 0.25) is 10.0 Å². The van der Waals surface area contributed by atoms with E-state index in [1.54, 1.807) is 19.1 Å². The molecular weight excluding hydrogens is 274 g/mol. The van der Waals surface area contributed by atoms with Crippen molar-refractivity contribution >= 4 is 27.4 Å². The summed E-state index contributed by atoms with van der Waals surface area (Å²) in [5.41, 5.74) is 0.977. The molecule has 1 atom stereocenters. The highest BCUT2D eigenvalue weighted by Gasteiger charge is 2.18. The minimum atomic E-state index is -3.60. The van der Waals surface area contributed by atoms with E-state index in [4.69, 9.17) is 11.6 Å². The Morgan fingerprint density at radius 1 is 1.33 bits per heavy atom. The monoisotopic (exact) mass is 289 g/mol. The molecule has 18 heavy (non-hydrogen) atoms. The van der Waals surface area contributed by atoms with Gasteiger partial charge in [-0.15, -0.1) is 11.6 Å². The topological polar surface area (TPSA) is 63.2 Å². The second-order valence-corrected chi connectivity index (χ2v) is 6.25. The predicted molar refractivity (Wildman–Crippen MR) is 71.3 cm³/mol. The summed E-state index contributed by atoms with van der Waals surface area (Å²) in [6, 6.07) is 6.46. The fourth-order valence-corrected chi connectivity index (χ4v) is 2.69. The number of hydrogen-bond donors (Lipinski definition) is 1. The molecular formula is C12H16ClNO3S. The van der Waals surface area contributed by atoms with Gasteiger partial charge >= 0.3 is 0 Å². The van der Waals surface area contributed by atoms with Crippen molar-refractivity contribution in [2.75, 3.05) is 6.54 Å². The molecule has 0 amide bonds. The minimum Gasteiger partial charge on any atom is -0.298 e. The number of benzene rings is 1. The van der Waals surface area contributed by atoms with Gasteiger partial charge in [-0.05, 0) is 19.1 Å². The van der Waals surface area contributed by atoms with E-state index in [9.17, 15) is 13.2 Å². The summed E-state index contributed by atoms with van der Waals surface area (Å²) in [4.78, 5) is 11.4. The van der Waals surface area contributed by atoms with Gasteiger partial charge < -0.3 is 0 Å². The molecule has 0 aliphatic carbocycles. The quantitative estimate of drug-likeness (QED) is 0.813. The molecule has 0 radical (unpaired) electrons. The zero-order valence-corrected chi connectivity index (χ0v) is 11.9. The van der Waals surface area contributed by atoms with Gasteiger partial charge in [-0.3, -0.25) is 4.79 Å². The maximum Gasteiger partial charge on any atom is 0.240 e. The van der Waals surface area contributed by atoms with Crippen LogP contribution in [0.15, 0.2) is 29.2 Å². The van der Waals surface area contributed by atoms with Crippen LogP contribution in [0.1, 0.15) is 18.9 Å². The fourth-order valence-electron chi connectivity index (χ4n) is 1.32. The Bertz CT molecular complexity index is 511. The largest absolute Gasteiger partial charge is 0.298 e. The van der Waals surface area contributed by atoms with Crippen LogP contribution in [-0.4, -0.2) is 26.1 Å². The van der Waals surface area contributed by atoms with E-state index < -0.39 is 15.4 Å². The summed E-state index contributed by atoms with van der Waals surface area (Å²) < 4.78 is 26.1. The van der Waals surface area contributed by atoms with Crippen molar-refractivity contribution in [3.63, 3.8) is 0 Å². The molecule has 0 saturated heterocycles. The van der Waals surface area contributed by atoms with Gasteiger partial charge in [-0.2, -0.15) is 0 Å². The van der Waals surface area contributed by atoms with Gasteiger partial charge in [-0.25, -0.2) is 13.1 Å². The highest BCUT2D eigenvalue weighted by atomic mass is 35.5. The molecule has 0 fully saturated rings. The van der Waals surface area contributed by atoms with Crippen molar-refractivity contribution in [2.24, 2.45) is 0 Å². The molecule has 0 saturated carbocycles. The van der Waals surface area contributed by atoms with Crippen LogP contribution in [0.5, 0.6) is 0 Å². The van der Waals surface area contributed by atoms with Crippen LogP contribution in [0, 0.1) is 6.92 Å². The van der Waals surface area contributed by atoms with Crippen LogP contribution in [0.2, 0.25) is 0 Å². The molecule has 100 valence electrons. The summed E-state index contributed by atoms with van der Waals surface area (Å²) in [7, 11) is -3.60. The summed E-state index contributed by atoms with van der Waals surface area (Å²) in [6.07, 6.45) is 0.292. The summed E-state index contributed by atoms with van der Waals surface area (Å²) in [6.45, 7) is 3.47. The number of rotatable bonds is 6. The van der Waals surface area contributed by atoms with Crippen LogP contribution in [0.4, 0.5) is 0 Å². The average Bonchev–Trinajstić information content (AvgIpc) is 2.35. The highest BCUT2D eigenvalue weighted by Crippen LogP contribution is 2.10. The summed E-state index contributed by atoms with van der Waals surface area (Å²) >= 11 is 5.77. The number of Topliss-reactive ketones (excluding diaryl/α,β-unsaturated/α-hetero) is 1. The van der Waals surface area contributed by atoms with Crippen molar-refractivity contribution in [1.82, 2.24) is 4.72 Å². The first-order valence-corrected chi connectivity index (χ1v) is 7.52. The predicted octanol–water partition coefficient (Wildman–Crippen LogP) is 1.86. The van der Waals surface area contributed by atoms with Gasteiger partial charge in [0, 0.05) is 13.0 Å². The van der Waals surface area contributed by atoms with Gasteiger partial charge in [0.1, 0.15) is 5.38 Å². The number of sulfonamides is 1. The number of ketones is 1. The van der Waals surface area contributed by atoms with Gasteiger partial charge in [0.05, 0.1) is 4.90 Å². The maximum absolute atomic E-state index is 11.9. The van der Waals surface area contributed by atoms with Crippen LogP contribution in [-0.2, 0) is 14.8 Å². The second-order valence-electron chi connectivity index (χ2n) is 3.95. The molecule has 1 rings (SSSR count). The Morgan fingerprint density at radius 3 is 2.39 bits per heavy atom. The Kier molecular flexibility index (Phi) is 5.31. The van der Waals surface area contributed by atoms with Crippen LogP contribution >= 0.6 is 11.6 Å². The van der Waals surface area contributed by atoms with E-state index in [1.807, 2.05) is 6.92 Å². The number of nitrogens with one attached hydrogen (secondary N) is 1. The van der Waals surface area contributed by atoms with Crippen LogP contribution in [0.3, 0.4) is 0 Å². The smallest absolute Gasteiger partial charge is 0.240 e. The Morgan fingerprint density at radius 2 is 1.89 bits per heavy atom. The molecule has 4 nitrogen and oxygen atoms in total. The third kappa shape index (κ3) is 4.08. The minimum absolute atomic E-state index is 0.0928. The number of halogens is 1. The van der Waals surface area contributed by atoms with Crippen LogP contribution in [0.25, 0.3) is 0 Å². The molecule has 1 aromatic rings. The maximum atomic E-state index is 11.9. The Hall–Kier alpha value is -0.910. The molecule has 0 bridgehead atoms. The second kappa shape index (κ2) is 6.31. The number of hydrogen-bond acceptors (Lipinski definition) is 3. The van der Waals surface area contributed by atoms with E-state index in [1.165, 1.54) is 12.1 Å². The highest BCUT2D eigenvalue weighted by molar-refractivity contribution is 7.89. The molecule has 0 unspecified atom stereocenters. The first kappa shape index (κ1) is 15.1. The van der Waals surface area contributed by atoms with E-state index in [-0.39, 0.29) is 17.2 Å². The number of carbonyl (C=O) groups excluding carboxylic acids is 1. The first-order valence-electron chi connectivity index (χ1n) is 5.60. The van der Waals surface area contributed by atoms with Crippen molar-refractivity contribution in [1.29, 1.82) is 0 Å². The third-order valence-corrected chi connectivity index (χ3v) is 4.32. The summed E-state index contributed by atoms with van der Waals surface area (Å²) in [5.74, 6) is -0.178. The Labute approximate surface area is 112 Å². The normalized spacial score (nSPS) is 13.3. The number of aryl methyl sites for hydroxylation is 1. The van der Waals surface area contributed by atoms with E-state index >= 15 is 0 Å². The van der Waals surface area contributed by atoms with E-state index in [2.05, 4.69) is 4.72 Å². The van der Waals surface area contributed by atoms with E-state index in [0.29, 0.717) is 6.42 Å². The first-order chi connectivity index (χ1) is 8.36. The molecule has 0 aromatic heterocycles. The molecule has 0 spiro atoms. The van der Waals surface area contributed by atoms with Crippen molar-refractivity contribution in [3.8, 4) is 0 Å². The van der Waals surface area contributed by atoms with Crippen molar-refractivity contribution in [2.45, 2.75) is 30.5 Å². The molecule has 6 heteroatoms. The SMILES string of the molecule is CCC(=O)[C@H](Cl)CNS(=O)(=O)c1ccc(C)cc1. The zero-order chi connectivity index (χ0) is 13.8. The lowest BCUT2D eigenvalue weighted by molar-refractivity contribution is -0.118. The molecule has 0 aliphatic heterocycles. The standard InChI is InChI=1S/C12H16ClNO3S/c1-3-12(15)11(13)8-14-18(16,17)10-6-4-9(2)5-7-10/h4-7,11,14H,3,8H2,1-2H3/t11-/m1/s1. The lowest BCUT2D eigenvalue weighted by Gasteiger charge is -2.10. The third-order valence-electron chi connectivity index (χ3n) is 2.48. The molecule has 0 aliphatic rings. The van der Waals surface area contributed by atoms with E-state index in [0.717, 1.165) is 5.56 Å². The molecule has 1 N–H and O–H groups in total. The van der Waals surface area contributed by atoms with Gasteiger partial charge in [0.15, 0.2) is 5.78 Å². The lowest BCUT2D eigenvalue weighted by atomic mass is 10.2. The summed E-state index contributed by atoms with van der Waals surface area (Å²) in [5, 5.41) is -0.824. The van der Waals surface area contributed by atoms with Crippen LogP contribution < -0.4 is 4.72 Å².